The van der Waals surface area contributed by atoms with E-state index in [0.717, 1.165) is 22.7 Å². The highest BCUT2D eigenvalue weighted by atomic mass is 16.5. The van der Waals surface area contributed by atoms with Crippen LogP contribution in [0.1, 0.15) is 24.9 Å². The van der Waals surface area contributed by atoms with Crippen molar-refractivity contribution in [2.45, 2.75) is 19.4 Å². The summed E-state index contributed by atoms with van der Waals surface area (Å²) in [5.41, 5.74) is 2.00. The molecule has 0 unspecified atom stereocenters. The number of methoxy groups -OCH3 is 2. The molecule has 2 aromatic rings. The van der Waals surface area contributed by atoms with Crippen LogP contribution in [-0.4, -0.2) is 20.0 Å². The molecule has 0 aliphatic rings. The minimum atomic E-state index is -0.0724. The Labute approximate surface area is 131 Å². The van der Waals surface area contributed by atoms with Crippen LogP contribution in [0.4, 0.5) is 5.69 Å². The first-order valence-corrected chi connectivity index (χ1v) is 7.16. The van der Waals surface area contributed by atoms with Crippen molar-refractivity contribution in [3.8, 4) is 11.5 Å². The summed E-state index contributed by atoms with van der Waals surface area (Å²) in [4.78, 5) is 11.6. The molecule has 0 radical (unpaired) electrons. The van der Waals surface area contributed by atoms with Gasteiger partial charge in [-0.3, -0.25) is 4.79 Å². The molecule has 0 bridgehead atoms. The number of hydrogen-bond donors (Lipinski definition) is 1. The fraction of sp³-hybridized carbons (Fsp3) is 0.278. The number of hydrogen-bond acceptors (Lipinski definition) is 4. The molecule has 0 heterocycles. The van der Waals surface area contributed by atoms with Gasteiger partial charge in [0.2, 0.25) is 0 Å². The summed E-state index contributed by atoms with van der Waals surface area (Å²) in [7, 11) is 3.27. The highest BCUT2D eigenvalue weighted by Crippen LogP contribution is 2.26. The standard InChI is InChI=1S/C18H21NO3/c1-13(20)12-18(14-4-8-16(21-2)9-5-14)19-15-6-10-17(22-3)11-7-15/h4-11,18-19H,12H2,1-3H3/t18-/m0/s1. The largest absolute Gasteiger partial charge is 0.497 e. The van der Waals surface area contributed by atoms with Crippen LogP contribution in [0, 0.1) is 0 Å². The molecule has 0 spiro atoms. The van der Waals surface area contributed by atoms with Gasteiger partial charge < -0.3 is 14.8 Å². The van der Waals surface area contributed by atoms with Gasteiger partial charge in [-0.1, -0.05) is 12.1 Å². The molecule has 0 aromatic heterocycles. The van der Waals surface area contributed by atoms with Gasteiger partial charge in [-0.2, -0.15) is 0 Å². The lowest BCUT2D eigenvalue weighted by molar-refractivity contribution is -0.117. The van der Waals surface area contributed by atoms with Gasteiger partial charge in [-0.05, 0) is 48.9 Å². The smallest absolute Gasteiger partial charge is 0.132 e. The van der Waals surface area contributed by atoms with E-state index in [1.807, 2.05) is 48.5 Å². The van der Waals surface area contributed by atoms with E-state index in [1.165, 1.54) is 0 Å². The van der Waals surface area contributed by atoms with Crippen molar-refractivity contribution < 1.29 is 14.3 Å². The number of benzene rings is 2. The normalized spacial score (nSPS) is 11.6. The average Bonchev–Trinajstić information content (AvgIpc) is 2.54. The summed E-state index contributed by atoms with van der Waals surface area (Å²) in [5, 5.41) is 3.40. The van der Waals surface area contributed by atoms with Gasteiger partial charge in [0.1, 0.15) is 17.3 Å². The van der Waals surface area contributed by atoms with E-state index in [0.29, 0.717) is 6.42 Å². The number of ether oxygens (including phenoxy) is 2. The number of carbonyl (C=O) groups is 1. The fourth-order valence-corrected chi connectivity index (χ4v) is 2.26. The summed E-state index contributed by atoms with van der Waals surface area (Å²) >= 11 is 0. The molecule has 22 heavy (non-hydrogen) atoms. The van der Waals surface area contributed by atoms with Crippen molar-refractivity contribution >= 4 is 11.5 Å². The van der Waals surface area contributed by atoms with Crippen LogP contribution >= 0.6 is 0 Å². The zero-order chi connectivity index (χ0) is 15.9. The van der Waals surface area contributed by atoms with Crippen molar-refractivity contribution in [3.05, 3.63) is 54.1 Å². The Hall–Kier alpha value is -2.49. The Balaban J connectivity index is 2.18. The van der Waals surface area contributed by atoms with Gasteiger partial charge in [0.15, 0.2) is 0 Å². The number of carbonyl (C=O) groups excluding carboxylic acids is 1. The van der Waals surface area contributed by atoms with E-state index in [2.05, 4.69) is 5.32 Å². The monoisotopic (exact) mass is 299 g/mol. The van der Waals surface area contributed by atoms with Gasteiger partial charge in [0.25, 0.3) is 0 Å². The first-order chi connectivity index (χ1) is 10.6. The molecular weight excluding hydrogens is 278 g/mol. The summed E-state index contributed by atoms with van der Waals surface area (Å²) in [5.74, 6) is 1.75. The number of nitrogens with one attached hydrogen (secondary N) is 1. The highest BCUT2D eigenvalue weighted by molar-refractivity contribution is 5.77. The SMILES string of the molecule is COc1ccc(N[C@@H](CC(C)=O)c2ccc(OC)cc2)cc1. The molecule has 0 aliphatic heterocycles. The van der Waals surface area contributed by atoms with Crippen LogP contribution < -0.4 is 14.8 Å². The third-order valence-corrected chi connectivity index (χ3v) is 3.44. The number of Topliss-reactive ketones (excluding diaryl/α,β-unsaturated/α-hetero) is 1. The number of ketones is 1. The third kappa shape index (κ3) is 4.25. The second-order valence-electron chi connectivity index (χ2n) is 5.10. The van der Waals surface area contributed by atoms with E-state index >= 15 is 0 Å². The van der Waals surface area contributed by atoms with E-state index in [9.17, 15) is 4.79 Å². The Kier molecular flexibility index (Phi) is 5.42. The van der Waals surface area contributed by atoms with Gasteiger partial charge >= 0.3 is 0 Å². The second-order valence-corrected chi connectivity index (χ2v) is 5.10. The third-order valence-electron chi connectivity index (χ3n) is 3.44. The minimum Gasteiger partial charge on any atom is -0.497 e. The first kappa shape index (κ1) is 15.9. The summed E-state index contributed by atoms with van der Waals surface area (Å²) < 4.78 is 10.3. The Bertz CT molecular complexity index is 605. The van der Waals surface area contributed by atoms with E-state index in [-0.39, 0.29) is 11.8 Å². The maximum atomic E-state index is 11.6. The van der Waals surface area contributed by atoms with Crippen molar-refractivity contribution in [1.29, 1.82) is 0 Å². The van der Waals surface area contributed by atoms with Crippen LogP contribution in [0.3, 0.4) is 0 Å². The van der Waals surface area contributed by atoms with E-state index < -0.39 is 0 Å². The van der Waals surface area contributed by atoms with E-state index in [1.54, 1.807) is 21.1 Å². The summed E-state index contributed by atoms with van der Waals surface area (Å²) in [6.07, 6.45) is 0.429. The second kappa shape index (κ2) is 7.50. The van der Waals surface area contributed by atoms with Gasteiger partial charge in [0.05, 0.1) is 20.3 Å². The van der Waals surface area contributed by atoms with Crippen LogP contribution in [0.2, 0.25) is 0 Å². The Morgan fingerprint density at radius 1 is 0.955 bits per heavy atom. The molecule has 0 aliphatic carbocycles. The molecule has 1 N–H and O–H groups in total. The fourth-order valence-electron chi connectivity index (χ4n) is 2.26. The Morgan fingerprint density at radius 3 is 1.91 bits per heavy atom. The van der Waals surface area contributed by atoms with Gasteiger partial charge in [-0.15, -0.1) is 0 Å². The zero-order valence-electron chi connectivity index (χ0n) is 13.1. The van der Waals surface area contributed by atoms with Crippen LogP contribution in [0.5, 0.6) is 11.5 Å². The maximum absolute atomic E-state index is 11.6. The minimum absolute atomic E-state index is 0.0724. The van der Waals surface area contributed by atoms with E-state index in [4.69, 9.17) is 9.47 Å². The summed E-state index contributed by atoms with van der Waals surface area (Å²) in [6, 6.07) is 15.3. The lowest BCUT2D eigenvalue weighted by atomic mass is 10.0. The number of anilines is 1. The molecule has 2 rings (SSSR count). The van der Waals surface area contributed by atoms with Crippen molar-refractivity contribution in [1.82, 2.24) is 0 Å². The Morgan fingerprint density at radius 2 is 1.45 bits per heavy atom. The maximum Gasteiger partial charge on any atom is 0.132 e. The van der Waals surface area contributed by atoms with Crippen LogP contribution in [0.15, 0.2) is 48.5 Å². The van der Waals surface area contributed by atoms with Crippen LogP contribution in [-0.2, 0) is 4.79 Å². The quantitative estimate of drug-likeness (QED) is 0.844. The molecular formula is C18H21NO3. The highest BCUT2D eigenvalue weighted by Gasteiger charge is 2.14. The molecule has 4 nitrogen and oxygen atoms in total. The predicted octanol–water partition coefficient (Wildman–Crippen LogP) is 3.84. The molecule has 116 valence electrons. The molecule has 0 amide bonds. The van der Waals surface area contributed by atoms with Crippen molar-refractivity contribution in [2.24, 2.45) is 0 Å². The first-order valence-electron chi connectivity index (χ1n) is 7.16. The summed E-state index contributed by atoms with van der Waals surface area (Å²) in [6.45, 7) is 1.60. The zero-order valence-corrected chi connectivity index (χ0v) is 13.1. The topological polar surface area (TPSA) is 47.6 Å². The van der Waals surface area contributed by atoms with Crippen molar-refractivity contribution in [2.75, 3.05) is 19.5 Å². The van der Waals surface area contributed by atoms with Gasteiger partial charge in [0, 0.05) is 12.1 Å². The molecule has 4 heteroatoms. The van der Waals surface area contributed by atoms with Gasteiger partial charge in [-0.25, -0.2) is 0 Å². The average molecular weight is 299 g/mol. The molecule has 1 atom stereocenters. The molecule has 0 saturated carbocycles. The predicted molar refractivity (Wildman–Crippen MR) is 87.6 cm³/mol. The molecule has 2 aromatic carbocycles. The number of rotatable bonds is 7. The van der Waals surface area contributed by atoms with Crippen molar-refractivity contribution in [3.63, 3.8) is 0 Å². The lowest BCUT2D eigenvalue weighted by Gasteiger charge is -2.20. The molecule has 0 saturated heterocycles. The molecule has 0 fully saturated rings. The lowest BCUT2D eigenvalue weighted by Crippen LogP contribution is -2.14. The van der Waals surface area contributed by atoms with Crippen LogP contribution in [0.25, 0.3) is 0 Å².